The van der Waals surface area contributed by atoms with E-state index in [1.54, 1.807) is 0 Å². The highest BCUT2D eigenvalue weighted by Crippen LogP contribution is 2.00. The molecule has 0 spiro atoms. The van der Waals surface area contributed by atoms with Crippen LogP contribution < -0.4 is 0 Å². The number of hydrogen-bond acceptors (Lipinski definition) is 2. The maximum absolute atomic E-state index is 9.62. The Kier molecular flexibility index (Phi) is 8.23. The summed E-state index contributed by atoms with van der Waals surface area (Å²) in [5, 5.41) is 0. The molecule has 0 fully saturated rings. The number of carbonyl (C=O) groups is 1. The van der Waals surface area contributed by atoms with Gasteiger partial charge in [-0.05, 0) is 6.42 Å². The Labute approximate surface area is 67.9 Å². The van der Waals surface area contributed by atoms with Crippen molar-refractivity contribution in [1.82, 2.24) is 0 Å². The molecule has 0 aliphatic heterocycles. The monoisotopic (exact) mass is 154 g/mol. The van der Waals surface area contributed by atoms with E-state index in [1.165, 1.54) is 19.3 Å². The van der Waals surface area contributed by atoms with E-state index < -0.39 is 0 Å². The second-order valence-electron chi connectivity index (χ2n) is 2.30. The predicted octanol–water partition coefficient (Wildman–Crippen LogP) is 2.09. The summed E-state index contributed by atoms with van der Waals surface area (Å²) >= 11 is 0. The summed E-state index contributed by atoms with van der Waals surface area (Å²) in [5.41, 5.74) is 0. The molecule has 2 heteroatoms. The number of carbonyl (C=O) groups excluding carboxylic acids is 1. The van der Waals surface area contributed by atoms with Crippen molar-refractivity contribution in [2.24, 2.45) is 0 Å². The first-order valence-electron chi connectivity index (χ1n) is 3.99. The summed E-state index contributed by atoms with van der Waals surface area (Å²) in [4.78, 5) is 9.62. The molecule has 2 nitrogen and oxygen atoms in total. The minimum absolute atomic E-state index is 0.346. The van der Waals surface area contributed by atoms with Crippen LogP contribution >= 0.6 is 0 Å². The van der Waals surface area contributed by atoms with E-state index in [0.717, 1.165) is 12.8 Å². The zero-order valence-electron chi connectivity index (χ0n) is 6.93. The number of hydrogen-bond donors (Lipinski definition) is 0. The average Bonchev–Trinajstić information content (AvgIpc) is 2.03. The molecule has 0 unspecified atom stereocenters. The van der Waals surface area contributed by atoms with Crippen LogP contribution in [0.25, 0.3) is 0 Å². The van der Waals surface area contributed by atoms with Crippen molar-refractivity contribution in [2.45, 2.75) is 39.0 Å². The summed E-state index contributed by atoms with van der Waals surface area (Å²) < 4.78 is 4.20. The quantitative estimate of drug-likeness (QED) is 0.344. The van der Waals surface area contributed by atoms with E-state index in [9.17, 15) is 4.79 Å². The lowest BCUT2D eigenvalue weighted by atomic mass is 10.2. The van der Waals surface area contributed by atoms with Gasteiger partial charge in [0.15, 0.2) is 0 Å². The molecule has 0 saturated heterocycles. The number of rotatable bonds is 5. The smallest absolute Gasteiger partial charge is 0.307 e. The molecule has 0 bridgehead atoms. The molecule has 62 valence electrons. The van der Waals surface area contributed by atoms with Gasteiger partial charge in [0.05, 0.1) is 0 Å². The average molecular weight is 154 g/mol. The van der Waals surface area contributed by atoms with Gasteiger partial charge in [0.2, 0.25) is 0 Å². The van der Waals surface area contributed by atoms with Crippen molar-refractivity contribution in [3.63, 3.8) is 0 Å². The lowest BCUT2D eigenvalue weighted by molar-refractivity contribution is -0.122. The molecule has 0 amide bonds. The Bertz CT molecular complexity index is 141. The fourth-order valence-corrected chi connectivity index (χ4v) is 0.757. The van der Waals surface area contributed by atoms with E-state index in [-0.39, 0.29) is 0 Å². The number of unbranched alkanes of at least 4 members (excludes halogenated alkanes) is 4. The fourth-order valence-electron chi connectivity index (χ4n) is 0.757. The maximum atomic E-state index is 9.62. The Hall–Kier alpha value is -0.970. The van der Waals surface area contributed by atoms with Gasteiger partial charge in [-0.1, -0.05) is 32.1 Å². The molecular formula is C9H14O2. The Balaban J connectivity index is 3.02. The molecule has 0 aromatic carbocycles. The van der Waals surface area contributed by atoms with Crippen LogP contribution in [0, 0.1) is 12.0 Å². The summed E-state index contributed by atoms with van der Waals surface area (Å²) in [6.45, 7) is 2.51. The molecule has 0 aromatic rings. The molecule has 0 radical (unpaired) electrons. The highest BCUT2D eigenvalue weighted by atomic mass is 16.5. The standard InChI is InChI=1S/C9H14O2/c1-2-3-4-5-6-7-8-11-9-10/h9H,2-6H2,1H3. The highest BCUT2D eigenvalue weighted by molar-refractivity contribution is 5.39. The zero-order chi connectivity index (χ0) is 8.36. The van der Waals surface area contributed by atoms with Crippen LogP contribution in [0.15, 0.2) is 0 Å². The van der Waals surface area contributed by atoms with Crippen LogP contribution in [-0.4, -0.2) is 6.47 Å². The molecular weight excluding hydrogens is 140 g/mol. The Morgan fingerprint density at radius 2 is 2.18 bits per heavy atom. The van der Waals surface area contributed by atoms with Gasteiger partial charge in [-0.15, -0.1) is 0 Å². The summed E-state index contributed by atoms with van der Waals surface area (Å²) in [6, 6.07) is 0. The third-order valence-electron chi connectivity index (χ3n) is 1.33. The van der Waals surface area contributed by atoms with Gasteiger partial charge in [0.1, 0.15) is 6.11 Å². The molecule has 0 rings (SSSR count). The van der Waals surface area contributed by atoms with Gasteiger partial charge in [-0.3, -0.25) is 4.79 Å². The van der Waals surface area contributed by atoms with E-state index in [2.05, 4.69) is 23.7 Å². The van der Waals surface area contributed by atoms with Crippen molar-refractivity contribution in [2.75, 3.05) is 0 Å². The molecule has 0 heterocycles. The molecule has 0 atom stereocenters. The largest absolute Gasteiger partial charge is 0.375 e. The molecule has 0 aliphatic rings. The van der Waals surface area contributed by atoms with Crippen LogP contribution in [-0.2, 0) is 9.53 Å². The number of ether oxygens (including phenoxy) is 1. The SMILES string of the molecule is CCCCCCC#COC=O. The van der Waals surface area contributed by atoms with Crippen molar-refractivity contribution >= 4 is 6.47 Å². The van der Waals surface area contributed by atoms with Crippen LogP contribution in [0.3, 0.4) is 0 Å². The third kappa shape index (κ3) is 9.03. The van der Waals surface area contributed by atoms with Gasteiger partial charge < -0.3 is 4.74 Å². The second kappa shape index (κ2) is 9.03. The topological polar surface area (TPSA) is 26.3 Å². The first-order chi connectivity index (χ1) is 5.41. The summed E-state index contributed by atoms with van der Waals surface area (Å²) in [6.07, 6.45) is 7.93. The molecule has 0 aliphatic carbocycles. The lowest BCUT2D eigenvalue weighted by Gasteiger charge is -1.90. The Morgan fingerprint density at radius 1 is 1.36 bits per heavy atom. The van der Waals surface area contributed by atoms with E-state index >= 15 is 0 Å². The minimum atomic E-state index is 0.346. The van der Waals surface area contributed by atoms with Crippen LogP contribution in [0.1, 0.15) is 39.0 Å². The predicted molar refractivity (Wildman–Crippen MR) is 43.7 cm³/mol. The van der Waals surface area contributed by atoms with E-state index in [4.69, 9.17) is 0 Å². The Morgan fingerprint density at radius 3 is 2.82 bits per heavy atom. The van der Waals surface area contributed by atoms with Crippen molar-refractivity contribution in [3.05, 3.63) is 0 Å². The summed E-state index contributed by atoms with van der Waals surface area (Å²) in [5.74, 6) is 2.74. The fraction of sp³-hybridized carbons (Fsp3) is 0.667. The lowest BCUT2D eigenvalue weighted by Crippen LogP contribution is -1.76. The molecule has 0 aromatic heterocycles. The third-order valence-corrected chi connectivity index (χ3v) is 1.33. The normalized spacial score (nSPS) is 8.09. The summed E-state index contributed by atoms with van der Waals surface area (Å²) in [7, 11) is 0. The minimum Gasteiger partial charge on any atom is -0.375 e. The zero-order valence-corrected chi connectivity index (χ0v) is 6.93. The van der Waals surface area contributed by atoms with Gasteiger partial charge in [-0.25, -0.2) is 0 Å². The first kappa shape index (κ1) is 10.0. The van der Waals surface area contributed by atoms with Crippen LogP contribution in [0.4, 0.5) is 0 Å². The van der Waals surface area contributed by atoms with Crippen LogP contribution in [0.5, 0.6) is 0 Å². The molecule has 0 saturated carbocycles. The molecule has 11 heavy (non-hydrogen) atoms. The first-order valence-corrected chi connectivity index (χ1v) is 3.99. The van der Waals surface area contributed by atoms with Crippen molar-refractivity contribution < 1.29 is 9.53 Å². The van der Waals surface area contributed by atoms with E-state index in [0.29, 0.717) is 6.47 Å². The van der Waals surface area contributed by atoms with Crippen molar-refractivity contribution in [3.8, 4) is 12.0 Å². The second-order valence-corrected chi connectivity index (χ2v) is 2.30. The van der Waals surface area contributed by atoms with Gasteiger partial charge in [0.25, 0.3) is 0 Å². The van der Waals surface area contributed by atoms with Gasteiger partial charge in [-0.2, -0.15) is 0 Å². The maximum Gasteiger partial charge on any atom is 0.307 e. The molecule has 0 N–H and O–H groups in total. The van der Waals surface area contributed by atoms with Gasteiger partial charge in [0, 0.05) is 6.42 Å². The van der Waals surface area contributed by atoms with Crippen molar-refractivity contribution in [1.29, 1.82) is 0 Å². The highest BCUT2D eigenvalue weighted by Gasteiger charge is 1.83. The van der Waals surface area contributed by atoms with Gasteiger partial charge >= 0.3 is 6.47 Å². The van der Waals surface area contributed by atoms with Crippen LogP contribution in [0.2, 0.25) is 0 Å². The van der Waals surface area contributed by atoms with E-state index in [1.807, 2.05) is 0 Å².